The first kappa shape index (κ1) is 21.1. The van der Waals surface area contributed by atoms with Crippen molar-refractivity contribution in [1.82, 2.24) is 0 Å². The third-order valence-corrected chi connectivity index (χ3v) is 5.14. The quantitative estimate of drug-likeness (QED) is 0.453. The average molecular weight is 436 g/mol. The summed E-state index contributed by atoms with van der Waals surface area (Å²) in [6.07, 6.45) is 4.74. The number of benzene rings is 2. The van der Waals surface area contributed by atoms with E-state index in [2.05, 4.69) is 0 Å². The lowest BCUT2D eigenvalue weighted by Crippen LogP contribution is -2.31. The summed E-state index contributed by atoms with van der Waals surface area (Å²) >= 11 is 0. The molecule has 1 aromatic heterocycles. The van der Waals surface area contributed by atoms with Gasteiger partial charge in [-0.05, 0) is 47.5 Å². The normalized spacial score (nSPS) is 18.8. The molecule has 0 radical (unpaired) electrons. The largest absolute Gasteiger partial charge is 0.504 e. The Kier molecular flexibility index (Phi) is 5.15. The van der Waals surface area contributed by atoms with Gasteiger partial charge in [0.2, 0.25) is 5.79 Å². The molecule has 0 aliphatic carbocycles. The predicted octanol–water partition coefficient (Wildman–Crippen LogP) is 3.93. The molecule has 8 nitrogen and oxygen atoms in total. The number of rotatable bonds is 4. The first-order chi connectivity index (χ1) is 15.2. The molecule has 2 aromatic carbocycles. The Hall–Kier alpha value is -4.17. The van der Waals surface area contributed by atoms with Gasteiger partial charge in [-0.1, -0.05) is 18.2 Å². The molecule has 4 N–H and O–H groups in total. The summed E-state index contributed by atoms with van der Waals surface area (Å²) in [5.41, 5.74) is 1.03. The van der Waals surface area contributed by atoms with Crippen molar-refractivity contribution in [3.8, 4) is 28.7 Å². The summed E-state index contributed by atoms with van der Waals surface area (Å²) < 4.78 is 16.9. The first-order valence-corrected chi connectivity index (χ1v) is 9.57. The van der Waals surface area contributed by atoms with Gasteiger partial charge in [0.15, 0.2) is 23.0 Å². The Balaban J connectivity index is 1.75. The van der Waals surface area contributed by atoms with Gasteiger partial charge in [-0.3, -0.25) is 0 Å². The van der Waals surface area contributed by atoms with Crippen molar-refractivity contribution >= 4 is 23.8 Å². The Bertz CT molecular complexity index is 1320. The lowest BCUT2D eigenvalue weighted by Gasteiger charge is -2.23. The summed E-state index contributed by atoms with van der Waals surface area (Å²) in [7, 11) is 1.44. The van der Waals surface area contributed by atoms with E-state index in [1.807, 2.05) is 0 Å². The molecule has 4 rings (SSSR count). The van der Waals surface area contributed by atoms with Gasteiger partial charge in [0.1, 0.15) is 17.1 Å². The number of hydrogen-bond acceptors (Lipinski definition) is 8. The highest BCUT2D eigenvalue weighted by Crippen LogP contribution is 2.44. The Labute approximate surface area is 182 Å². The highest BCUT2D eigenvalue weighted by atomic mass is 16.7. The Morgan fingerprint density at radius 1 is 0.875 bits per heavy atom. The first-order valence-electron chi connectivity index (χ1n) is 9.57. The van der Waals surface area contributed by atoms with Crippen LogP contribution in [0.15, 0.2) is 51.7 Å². The molecule has 8 heteroatoms. The minimum Gasteiger partial charge on any atom is -0.504 e. The molecule has 0 fully saturated rings. The van der Waals surface area contributed by atoms with E-state index in [-0.39, 0.29) is 40.1 Å². The van der Waals surface area contributed by atoms with Crippen LogP contribution in [0.2, 0.25) is 0 Å². The number of phenolic OH excluding ortho intramolecular Hbond substituents is 4. The molecule has 0 spiro atoms. The van der Waals surface area contributed by atoms with E-state index >= 15 is 0 Å². The predicted molar refractivity (Wildman–Crippen MR) is 117 cm³/mol. The third-order valence-electron chi connectivity index (χ3n) is 5.14. The molecule has 0 saturated carbocycles. The van der Waals surface area contributed by atoms with Crippen LogP contribution in [0.1, 0.15) is 29.4 Å². The minimum absolute atomic E-state index is 0.182. The van der Waals surface area contributed by atoms with Crippen LogP contribution in [0, 0.1) is 0 Å². The van der Waals surface area contributed by atoms with E-state index < -0.39 is 11.4 Å². The number of aromatic hydroxyl groups is 4. The van der Waals surface area contributed by atoms with Gasteiger partial charge in [-0.15, -0.1) is 0 Å². The lowest BCUT2D eigenvalue weighted by molar-refractivity contribution is -0.0912. The van der Waals surface area contributed by atoms with E-state index in [1.54, 1.807) is 37.3 Å². The zero-order valence-corrected chi connectivity index (χ0v) is 17.2. The second-order valence-electron chi connectivity index (χ2n) is 7.32. The van der Waals surface area contributed by atoms with Crippen molar-refractivity contribution in [3.63, 3.8) is 0 Å². The van der Waals surface area contributed by atoms with Gasteiger partial charge in [0.05, 0.1) is 0 Å². The van der Waals surface area contributed by atoms with Crippen LogP contribution < -0.4 is 10.4 Å². The topological polar surface area (TPSA) is 130 Å². The van der Waals surface area contributed by atoms with Gasteiger partial charge < -0.3 is 34.3 Å². The number of fused-ring (bicyclic) bond motifs is 1. The molecule has 1 aliphatic heterocycles. The molecule has 2 heterocycles. The second kappa shape index (κ2) is 7.82. The summed E-state index contributed by atoms with van der Waals surface area (Å²) in [6.45, 7) is 1.65. The van der Waals surface area contributed by atoms with Gasteiger partial charge >= 0.3 is 5.63 Å². The van der Waals surface area contributed by atoms with Crippen molar-refractivity contribution in [2.24, 2.45) is 0 Å². The van der Waals surface area contributed by atoms with E-state index in [1.165, 1.54) is 37.5 Å². The van der Waals surface area contributed by atoms with Crippen LogP contribution >= 0.6 is 0 Å². The second-order valence-corrected chi connectivity index (χ2v) is 7.32. The van der Waals surface area contributed by atoms with Crippen molar-refractivity contribution in [1.29, 1.82) is 0 Å². The molecule has 0 unspecified atom stereocenters. The number of hydrogen-bond donors (Lipinski definition) is 4. The average Bonchev–Trinajstić information content (AvgIpc) is 3.04. The van der Waals surface area contributed by atoms with Crippen LogP contribution in [-0.4, -0.2) is 33.3 Å². The third kappa shape index (κ3) is 3.79. The van der Waals surface area contributed by atoms with Crippen LogP contribution in [0.3, 0.4) is 0 Å². The fraction of sp³-hybridized carbons (Fsp3) is 0.125. The van der Waals surface area contributed by atoms with Gasteiger partial charge in [-0.2, -0.15) is 0 Å². The fourth-order valence-electron chi connectivity index (χ4n) is 3.36. The maximum atomic E-state index is 12.8. The summed E-state index contributed by atoms with van der Waals surface area (Å²) in [6, 6.07) is 10.1. The summed E-state index contributed by atoms with van der Waals surface area (Å²) in [5.74, 6) is -1.88. The SMILES string of the molecule is CO[C@]1(C)Oc2cc(C=Cc3ccc(O)c(O)c3)oc(=O)c2C1=Cc1ccc(O)c(O)c1. The zero-order chi connectivity index (χ0) is 23.0. The molecule has 0 bridgehead atoms. The van der Waals surface area contributed by atoms with E-state index in [0.717, 1.165) is 0 Å². The highest BCUT2D eigenvalue weighted by Gasteiger charge is 2.43. The fourth-order valence-corrected chi connectivity index (χ4v) is 3.36. The zero-order valence-electron chi connectivity index (χ0n) is 17.2. The van der Waals surface area contributed by atoms with Crippen molar-refractivity contribution in [2.45, 2.75) is 12.7 Å². The molecule has 1 aliphatic rings. The minimum atomic E-state index is -1.28. The van der Waals surface area contributed by atoms with Crippen LogP contribution in [0.5, 0.6) is 28.7 Å². The van der Waals surface area contributed by atoms with Gasteiger partial charge in [0.25, 0.3) is 0 Å². The van der Waals surface area contributed by atoms with Crippen molar-refractivity contribution in [3.05, 3.63) is 75.3 Å². The van der Waals surface area contributed by atoms with E-state index in [0.29, 0.717) is 16.7 Å². The molecule has 3 aromatic rings. The van der Waals surface area contributed by atoms with Gasteiger partial charge in [-0.25, -0.2) is 4.79 Å². The lowest BCUT2D eigenvalue weighted by atomic mass is 9.99. The van der Waals surface area contributed by atoms with Crippen molar-refractivity contribution in [2.75, 3.05) is 7.11 Å². The Morgan fingerprint density at radius 2 is 1.50 bits per heavy atom. The molecule has 32 heavy (non-hydrogen) atoms. The van der Waals surface area contributed by atoms with Crippen LogP contribution in [-0.2, 0) is 4.74 Å². The molecule has 1 atom stereocenters. The number of ether oxygens (including phenoxy) is 2. The Morgan fingerprint density at radius 3 is 2.12 bits per heavy atom. The summed E-state index contributed by atoms with van der Waals surface area (Å²) in [5, 5.41) is 38.3. The molecule has 0 amide bonds. The van der Waals surface area contributed by atoms with Crippen molar-refractivity contribution < 1.29 is 34.3 Å². The monoisotopic (exact) mass is 436 g/mol. The summed E-state index contributed by atoms with van der Waals surface area (Å²) in [4.78, 5) is 12.8. The molecular weight excluding hydrogens is 416 g/mol. The highest BCUT2D eigenvalue weighted by molar-refractivity contribution is 5.90. The maximum absolute atomic E-state index is 12.8. The number of methoxy groups -OCH3 is 1. The molecule has 164 valence electrons. The van der Waals surface area contributed by atoms with Crippen LogP contribution in [0.25, 0.3) is 23.8 Å². The van der Waals surface area contributed by atoms with Crippen LogP contribution in [0.4, 0.5) is 0 Å². The smallest absolute Gasteiger partial charge is 0.347 e. The number of phenols is 4. The maximum Gasteiger partial charge on any atom is 0.347 e. The van der Waals surface area contributed by atoms with E-state index in [9.17, 15) is 25.2 Å². The molecular formula is C24H20O8. The van der Waals surface area contributed by atoms with Gasteiger partial charge in [0, 0.05) is 25.7 Å². The standard InChI is InChI=1S/C24H20O8/c1-24(30-2)16(9-14-5-8-18(26)20(28)11-14)22-21(32-24)12-15(31-23(22)29)6-3-13-4-7-17(25)19(27)10-13/h3-12,25-28H,1-2H3/t24-/m1/s1. The van der Waals surface area contributed by atoms with E-state index in [4.69, 9.17) is 13.9 Å². The molecule has 0 saturated heterocycles.